The van der Waals surface area contributed by atoms with Crippen LogP contribution in [0.5, 0.6) is 5.75 Å². The lowest BCUT2D eigenvalue weighted by Gasteiger charge is -2.11. The van der Waals surface area contributed by atoms with Crippen LogP contribution in [0.2, 0.25) is 0 Å². The van der Waals surface area contributed by atoms with Crippen molar-refractivity contribution in [2.45, 2.75) is 32.6 Å². The highest BCUT2D eigenvalue weighted by Crippen LogP contribution is 2.12. The zero-order valence-corrected chi connectivity index (χ0v) is 16.4. The Morgan fingerprint density at radius 2 is 1.87 bits per heavy atom. The van der Waals surface area contributed by atoms with Gasteiger partial charge >= 0.3 is 0 Å². The molecule has 23 heavy (non-hydrogen) atoms. The lowest BCUT2D eigenvalue weighted by Crippen LogP contribution is -2.38. The zero-order chi connectivity index (χ0) is 16.0. The van der Waals surface area contributed by atoms with Crippen molar-refractivity contribution in [1.82, 2.24) is 10.6 Å². The Morgan fingerprint density at radius 3 is 2.48 bits per heavy atom. The van der Waals surface area contributed by atoms with E-state index in [1.807, 2.05) is 12.1 Å². The van der Waals surface area contributed by atoms with Gasteiger partial charge in [0.1, 0.15) is 12.4 Å². The first kappa shape index (κ1) is 21.6. The first-order valence-corrected chi connectivity index (χ1v) is 7.89. The Bertz CT molecular complexity index is 480. The molecule has 0 amide bonds. The van der Waals surface area contributed by atoms with Crippen LogP contribution in [0, 0.1) is 12.3 Å². The monoisotopic (exact) mass is 429 g/mol. The molecule has 0 aliphatic heterocycles. The van der Waals surface area contributed by atoms with Gasteiger partial charge in [0.25, 0.3) is 0 Å². The Balaban J connectivity index is 0.00000484. The maximum atomic E-state index is 5.35. The van der Waals surface area contributed by atoms with Crippen molar-refractivity contribution in [3.8, 4) is 18.1 Å². The number of hydrogen-bond acceptors (Lipinski definition) is 2. The minimum Gasteiger partial charge on any atom is -0.481 e. The summed E-state index contributed by atoms with van der Waals surface area (Å²) in [5.41, 5.74) is 1.25. The van der Waals surface area contributed by atoms with E-state index in [0.29, 0.717) is 6.61 Å². The van der Waals surface area contributed by atoms with Crippen LogP contribution in [-0.4, -0.2) is 32.7 Å². The van der Waals surface area contributed by atoms with Crippen molar-refractivity contribution in [3.05, 3.63) is 29.8 Å². The molecule has 0 spiro atoms. The second kappa shape index (κ2) is 14.2. The third-order valence-corrected chi connectivity index (χ3v) is 3.25. The molecule has 0 radical (unpaired) electrons. The first-order chi connectivity index (χ1) is 10.8. The largest absolute Gasteiger partial charge is 0.481 e. The number of nitrogens with one attached hydrogen (secondary N) is 2. The van der Waals surface area contributed by atoms with Gasteiger partial charge in [-0.3, -0.25) is 4.99 Å². The van der Waals surface area contributed by atoms with Gasteiger partial charge in [-0.2, -0.15) is 0 Å². The van der Waals surface area contributed by atoms with Crippen LogP contribution in [0.25, 0.3) is 0 Å². The van der Waals surface area contributed by atoms with E-state index < -0.39 is 0 Å². The normalized spacial score (nSPS) is 10.4. The molecule has 0 fully saturated rings. The van der Waals surface area contributed by atoms with E-state index in [0.717, 1.165) is 31.2 Å². The molecule has 5 heteroatoms. The number of unbranched alkanes of at least 4 members (excludes halogenated alkanes) is 2. The van der Waals surface area contributed by atoms with Crippen LogP contribution in [0.15, 0.2) is 29.3 Å². The standard InChI is InChI=1S/C18H27N3O.HI/c1-4-6-7-13-20-18(19-3)21-14-12-16-8-10-17(11-9-16)22-15-5-2;/h2,8-11H,4,6-7,12-15H2,1,3H3,(H2,19,20,21);1H. The van der Waals surface area contributed by atoms with E-state index in [1.165, 1.54) is 24.8 Å². The number of aliphatic imine (C=N–C) groups is 1. The molecule has 4 nitrogen and oxygen atoms in total. The molecule has 1 aromatic rings. The van der Waals surface area contributed by atoms with Crippen LogP contribution < -0.4 is 15.4 Å². The number of nitrogens with zero attached hydrogens (tertiary/aromatic N) is 1. The van der Waals surface area contributed by atoms with Crippen molar-refractivity contribution in [2.24, 2.45) is 4.99 Å². The Labute approximate surface area is 157 Å². The quantitative estimate of drug-likeness (QED) is 0.208. The van der Waals surface area contributed by atoms with E-state index in [1.54, 1.807) is 7.05 Å². The average molecular weight is 429 g/mol. The predicted molar refractivity (Wildman–Crippen MR) is 109 cm³/mol. The summed E-state index contributed by atoms with van der Waals surface area (Å²) >= 11 is 0. The van der Waals surface area contributed by atoms with Gasteiger partial charge in [-0.1, -0.05) is 37.8 Å². The number of guanidine groups is 1. The topological polar surface area (TPSA) is 45.6 Å². The molecule has 0 unspecified atom stereocenters. The minimum absolute atomic E-state index is 0. The van der Waals surface area contributed by atoms with E-state index in [9.17, 15) is 0 Å². The molecule has 0 saturated heterocycles. The SMILES string of the molecule is C#CCOc1ccc(CCNC(=NC)NCCCCC)cc1.I. The van der Waals surface area contributed by atoms with Gasteiger partial charge in [0.05, 0.1) is 0 Å². The number of hydrogen-bond donors (Lipinski definition) is 2. The van der Waals surface area contributed by atoms with Gasteiger partial charge in [0, 0.05) is 20.1 Å². The molecule has 0 aliphatic rings. The van der Waals surface area contributed by atoms with Crippen molar-refractivity contribution < 1.29 is 4.74 Å². The molecule has 0 heterocycles. The highest BCUT2D eigenvalue weighted by Gasteiger charge is 1.98. The summed E-state index contributed by atoms with van der Waals surface area (Å²) in [4.78, 5) is 4.22. The molecule has 1 aromatic carbocycles. The van der Waals surface area contributed by atoms with Crippen LogP contribution in [-0.2, 0) is 6.42 Å². The van der Waals surface area contributed by atoms with Gasteiger partial charge in [-0.25, -0.2) is 0 Å². The summed E-state index contributed by atoms with van der Waals surface area (Å²) in [6, 6.07) is 8.02. The molecular formula is C18H28IN3O. The summed E-state index contributed by atoms with van der Waals surface area (Å²) < 4.78 is 5.35. The Hall–Kier alpha value is -1.42. The van der Waals surface area contributed by atoms with E-state index in [2.05, 4.69) is 40.6 Å². The molecule has 0 saturated carbocycles. The molecule has 0 atom stereocenters. The molecule has 0 aliphatic carbocycles. The Morgan fingerprint density at radius 1 is 1.17 bits per heavy atom. The molecule has 0 bridgehead atoms. The van der Waals surface area contributed by atoms with Gasteiger partial charge in [0.15, 0.2) is 5.96 Å². The zero-order valence-electron chi connectivity index (χ0n) is 14.1. The number of terminal acetylenes is 1. The number of rotatable bonds is 9. The molecular weight excluding hydrogens is 401 g/mol. The van der Waals surface area contributed by atoms with Gasteiger partial charge < -0.3 is 15.4 Å². The van der Waals surface area contributed by atoms with E-state index in [4.69, 9.17) is 11.2 Å². The van der Waals surface area contributed by atoms with Crippen molar-refractivity contribution in [3.63, 3.8) is 0 Å². The predicted octanol–water partition coefficient (Wildman–Crippen LogP) is 3.21. The van der Waals surface area contributed by atoms with Crippen LogP contribution in [0.4, 0.5) is 0 Å². The fraction of sp³-hybridized carbons (Fsp3) is 0.500. The van der Waals surface area contributed by atoms with Gasteiger partial charge in [-0.15, -0.1) is 30.4 Å². The Kier molecular flexibility index (Phi) is 13.3. The fourth-order valence-electron chi connectivity index (χ4n) is 2.00. The minimum atomic E-state index is 0. The maximum absolute atomic E-state index is 5.35. The smallest absolute Gasteiger partial charge is 0.190 e. The molecule has 2 N–H and O–H groups in total. The highest BCUT2D eigenvalue weighted by atomic mass is 127. The maximum Gasteiger partial charge on any atom is 0.190 e. The van der Waals surface area contributed by atoms with Crippen molar-refractivity contribution in [1.29, 1.82) is 0 Å². The summed E-state index contributed by atoms with van der Waals surface area (Å²) in [7, 11) is 1.80. The van der Waals surface area contributed by atoms with Crippen LogP contribution in [0.3, 0.4) is 0 Å². The van der Waals surface area contributed by atoms with Gasteiger partial charge in [0.2, 0.25) is 0 Å². The van der Waals surface area contributed by atoms with Crippen LogP contribution >= 0.6 is 24.0 Å². The van der Waals surface area contributed by atoms with Crippen LogP contribution in [0.1, 0.15) is 31.7 Å². The third-order valence-electron chi connectivity index (χ3n) is 3.25. The van der Waals surface area contributed by atoms with Crippen molar-refractivity contribution in [2.75, 3.05) is 26.7 Å². The summed E-state index contributed by atoms with van der Waals surface area (Å²) in [6.07, 6.45) is 9.76. The first-order valence-electron chi connectivity index (χ1n) is 7.89. The highest BCUT2D eigenvalue weighted by molar-refractivity contribution is 14.0. The number of halogens is 1. The van der Waals surface area contributed by atoms with Crippen molar-refractivity contribution >= 4 is 29.9 Å². The average Bonchev–Trinajstić information content (AvgIpc) is 2.56. The second-order valence-electron chi connectivity index (χ2n) is 5.02. The second-order valence-corrected chi connectivity index (χ2v) is 5.02. The van der Waals surface area contributed by atoms with Gasteiger partial charge in [-0.05, 0) is 30.5 Å². The molecule has 0 aromatic heterocycles. The lowest BCUT2D eigenvalue weighted by molar-refractivity contribution is 0.370. The van der Waals surface area contributed by atoms with E-state index in [-0.39, 0.29) is 24.0 Å². The number of ether oxygens (including phenoxy) is 1. The molecule has 128 valence electrons. The third kappa shape index (κ3) is 10.1. The fourth-order valence-corrected chi connectivity index (χ4v) is 2.00. The summed E-state index contributed by atoms with van der Waals surface area (Å²) in [6.45, 7) is 4.32. The summed E-state index contributed by atoms with van der Waals surface area (Å²) in [5, 5.41) is 6.65. The van der Waals surface area contributed by atoms with E-state index >= 15 is 0 Å². The molecule has 1 rings (SSSR count). The lowest BCUT2D eigenvalue weighted by atomic mass is 10.1. The number of benzene rings is 1. The summed E-state index contributed by atoms with van der Waals surface area (Å²) in [5.74, 6) is 4.13.